The average molecular weight is 284 g/mol. The lowest BCUT2D eigenvalue weighted by Gasteiger charge is -2.29. The molecule has 0 saturated carbocycles. The van der Waals surface area contributed by atoms with Gasteiger partial charge in [-0.1, -0.05) is 0 Å². The zero-order chi connectivity index (χ0) is 14.0. The number of nitrogens with zero attached hydrogens (tertiary/aromatic N) is 2. The van der Waals surface area contributed by atoms with Gasteiger partial charge in [-0.25, -0.2) is 18.1 Å². The van der Waals surface area contributed by atoms with Crippen LogP contribution in [0.5, 0.6) is 0 Å². The van der Waals surface area contributed by atoms with Gasteiger partial charge in [-0.2, -0.15) is 0 Å². The van der Waals surface area contributed by atoms with E-state index in [1.165, 1.54) is 23.2 Å². The first-order valence-electron chi connectivity index (χ1n) is 5.87. The first kappa shape index (κ1) is 13.8. The maximum absolute atomic E-state index is 12.2. The molecule has 2 heterocycles. The van der Waals surface area contributed by atoms with Crippen LogP contribution in [0.3, 0.4) is 0 Å². The molecule has 1 fully saturated rings. The molecule has 0 radical (unpaired) electrons. The zero-order valence-electron chi connectivity index (χ0n) is 10.5. The summed E-state index contributed by atoms with van der Waals surface area (Å²) in [6.07, 6.45) is 2.26. The maximum atomic E-state index is 12.2. The van der Waals surface area contributed by atoms with Crippen LogP contribution < -0.4 is 10.5 Å². The lowest BCUT2D eigenvalue weighted by atomic mass is 10.1. The van der Waals surface area contributed by atoms with Crippen LogP contribution in [-0.4, -0.2) is 43.8 Å². The van der Waals surface area contributed by atoms with Crippen molar-refractivity contribution in [3.63, 3.8) is 0 Å². The van der Waals surface area contributed by atoms with Crippen LogP contribution in [0.25, 0.3) is 0 Å². The molecule has 0 spiro atoms. The molecule has 2 rings (SSSR count). The van der Waals surface area contributed by atoms with Crippen LogP contribution in [0.4, 0.5) is 5.82 Å². The van der Waals surface area contributed by atoms with Crippen LogP contribution in [-0.2, 0) is 14.8 Å². The SMILES string of the molecule is CN1CC(NS(=O)(=O)c2cccnc2N)CCC1=O. The summed E-state index contributed by atoms with van der Waals surface area (Å²) in [6, 6.07) is 2.62. The van der Waals surface area contributed by atoms with E-state index in [9.17, 15) is 13.2 Å². The van der Waals surface area contributed by atoms with Crippen molar-refractivity contribution < 1.29 is 13.2 Å². The summed E-state index contributed by atoms with van der Waals surface area (Å²) in [6.45, 7) is 0.359. The molecule has 8 heteroatoms. The minimum atomic E-state index is -3.71. The van der Waals surface area contributed by atoms with E-state index in [0.29, 0.717) is 19.4 Å². The lowest BCUT2D eigenvalue weighted by molar-refractivity contribution is -0.132. The number of aromatic nitrogens is 1. The quantitative estimate of drug-likeness (QED) is 0.783. The number of hydrogen-bond donors (Lipinski definition) is 2. The largest absolute Gasteiger partial charge is 0.383 e. The topological polar surface area (TPSA) is 105 Å². The zero-order valence-corrected chi connectivity index (χ0v) is 11.4. The van der Waals surface area contributed by atoms with Crippen molar-refractivity contribution in [1.82, 2.24) is 14.6 Å². The predicted octanol–water partition coefficient (Wildman–Crippen LogP) is -0.437. The predicted molar refractivity (Wildman–Crippen MR) is 69.6 cm³/mol. The van der Waals surface area contributed by atoms with Gasteiger partial charge in [0, 0.05) is 32.3 Å². The van der Waals surface area contributed by atoms with Crippen molar-refractivity contribution in [2.24, 2.45) is 0 Å². The third-order valence-corrected chi connectivity index (χ3v) is 4.61. The molecule has 1 aliphatic heterocycles. The number of carbonyl (C=O) groups is 1. The monoisotopic (exact) mass is 284 g/mol. The van der Waals surface area contributed by atoms with Gasteiger partial charge in [0.05, 0.1) is 0 Å². The molecule has 0 aromatic carbocycles. The normalized spacial score (nSPS) is 20.6. The molecule has 1 amide bonds. The summed E-state index contributed by atoms with van der Waals surface area (Å²) in [5.41, 5.74) is 5.57. The number of hydrogen-bond acceptors (Lipinski definition) is 5. The van der Waals surface area contributed by atoms with Crippen molar-refractivity contribution in [3.05, 3.63) is 18.3 Å². The maximum Gasteiger partial charge on any atom is 0.244 e. The number of pyridine rings is 1. The second kappa shape index (κ2) is 5.14. The number of sulfonamides is 1. The molecule has 7 nitrogen and oxygen atoms in total. The molecular formula is C11H16N4O3S. The number of nitrogens with one attached hydrogen (secondary N) is 1. The molecule has 0 bridgehead atoms. The van der Waals surface area contributed by atoms with E-state index in [4.69, 9.17) is 5.73 Å². The molecule has 1 atom stereocenters. The van der Waals surface area contributed by atoms with Gasteiger partial charge in [-0.15, -0.1) is 0 Å². The highest BCUT2D eigenvalue weighted by Gasteiger charge is 2.28. The Balaban J connectivity index is 2.15. The van der Waals surface area contributed by atoms with Crippen LogP contribution in [0, 0.1) is 0 Å². The number of carbonyl (C=O) groups excluding carboxylic acids is 1. The van der Waals surface area contributed by atoms with Gasteiger partial charge < -0.3 is 10.6 Å². The highest BCUT2D eigenvalue weighted by atomic mass is 32.2. The highest BCUT2D eigenvalue weighted by Crippen LogP contribution is 2.17. The Morgan fingerprint density at radius 2 is 2.26 bits per heavy atom. The van der Waals surface area contributed by atoms with E-state index in [1.807, 2.05) is 0 Å². The molecular weight excluding hydrogens is 268 g/mol. The molecule has 1 unspecified atom stereocenters. The Morgan fingerprint density at radius 3 is 2.89 bits per heavy atom. The Labute approximate surface area is 111 Å². The minimum Gasteiger partial charge on any atom is -0.383 e. The fourth-order valence-corrected chi connectivity index (χ4v) is 3.37. The fourth-order valence-electron chi connectivity index (χ4n) is 2.02. The first-order chi connectivity index (χ1) is 8.90. The molecule has 1 saturated heterocycles. The molecule has 3 N–H and O–H groups in total. The van der Waals surface area contributed by atoms with E-state index in [2.05, 4.69) is 9.71 Å². The number of amides is 1. The van der Waals surface area contributed by atoms with Gasteiger partial charge in [0.2, 0.25) is 15.9 Å². The third kappa shape index (κ3) is 3.02. The molecule has 1 aliphatic rings. The van der Waals surface area contributed by atoms with Crippen LogP contribution in [0.2, 0.25) is 0 Å². The Kier molecular flexibility index (Phi) is 3.72. The van der Waals surface area contributed by atoms with Crippen LogP contribution in [0.1, 0.15) is 12.8 Å². The lowest BCUT2D eigenvalue weighted by Crippen LogP contribution is -2.48. The van der Waals surface area contributed by atoms with Crippen molar-refractivity contribution in [2.45, 2.75) is 23.8 Å². The van der Waals surface area contributed by atoms with E-state index in [-0.39, 0.29) is 22.7 Å². The second-order valence-corrected chi connectivity index (χ2v) is 6.20. The number of likely N-dealkylation sites (N-methyl/N-ethyl adjacent to an activating group) is 1. The van der Waals surface area contributed by atoms with Crippen molar-refractivity contribution in [3.8, 4) is 0 Å². The minimum absolute atomic E-state index is 0.0244. The molecule has 104 valence electrons. The number of nitrogens with two attached hydrogens (primary N) is 1. The molecule has 0 aliphatic carbocycles. The fraction of sp³-hybridized carbons (Fsp3) is 0.455. The number of likely N-dealkylation sites (tertiary alicyclic amines) is 1. The summed E-state index contributed by atoms with van der Waals surface area (Å²) >= 11 is 0. The van der Waals surface area contributed by atoms with E-state index in [1.54, 1.807) is 7.05 Å². The third-order valence-electron chi connectivity index (χ3n) is 3.04. The number of piperidine rings is 1. The summed E-state index contributed by atoms with van der Waals surface area (Å²) in [5.74, 6) is -0.00780. The first-order valence-corrected chi connectivity index (χ1v) is 7.35. The Hall–Kier alpha value is -1.67. The van der Waals surface area contributed by atoms with Crippen molar-refractivity contribution >= 4 is 21.7 Å². The van der Waals surface area contributed by atoms with E-state index >= 15 is 0 Å². The summed E-state index contributed by atoms with van der Waals surface area (Å²) in [7, 11) is -2.05. The van der Waals surface area contributed by atoms with Gasteiger partial charge in [-0.05, 0) is 18.6 Å². The Bertz CT molecular complexity index is 587. The van der Waals surface area contributed by atoms with Gasteiger partial charge in [0.1, 0.15) is 10.7 Å². The highest BCUT2D eigenvalue weighted by molar-refractivity contribution is 7.89. The van der Waals surface area contributed by atoms with Crippen LogP contribution >= 0.6 is 0 Å². The molecule has 1 aromatic heterocycles. The molecule has 19 heavy (non-hydrogen) atoms. The van der Waals surface area contributed by atoms with Gasteiger partial charge in [0.25, 0.3) is 0 Å². The number of anilines is 1. The smallest absolute Gasteiger partial charge is 0.244 e. The molecule has 1 aromatic rings. The van der Waals surface area contributed by atoms with E-state index < -0.39 is 10.0 Å². The van der Waals surface area contributed by atoms with Crippen LogP contribution in [0.15, 0.2) is 23.2 Å². The number of nitrogen functional groups attached to an aromatic ring is 1. The van der Waals surface area contributed by atoms with Gasteiger partial charge in [0.15, 0.2) is 0 Å². The summed E-state index contributed by atoms with van der Waals surface area (Å²) in [4.78, 5) is 16.6. The summed E-state index contributed by atoms with van der Waals surface area (Å²) in [5, 5.41) is 0. The standard InChI is InChI=1S/C11H16N4O3S/c1-15-7-8(4-5-10(15)16)14-19(17,18)9-3-2-6-13-11(9)12/h2-3,6,8,14H,4-5,7H2,1H3,(H2,12,13). The number of rotatable bonds is 3. The Morgan fingerprint density at radius 1 is 1.53 bits per heavy atom. The van der Waals surface area contributed by atoms with Gasteiger partial charge in [-0.3, -0.25) is 4.79 Å². The average Bonchev–Trinajstić information content (AvgIpc) is 2.34. The second-order valence-electron chi connectivity index (χ2n) is 4.52. The summed E-state index contributed by atoms with van der Waals surface area (Å²) < 4.78 is 26.9. The van der Waals surface area contributed by atoms with Gasteiger partial charge >= 0.3 is 0 Å². The van der Waals surface area contributed by atoms with Crippen molar-refractivity contribution in [2.75, 3.05) is 19.3 Å². The van der Waals surface area contributed by atoms with E-state index in [0.717, 1.165) is 0 Å². The van der Waals surface area contributed by atoms with Crippen molar-refractivity contribution in [1.29, 1.82) is 0 Å².